The fraction of sp³-hybridized carbons (Fsp3) is 0.182. The maximum absolute atomic E-state index is 12.6. The number of benzene rings is 2. The van der Waals surface area contributed by atoms with Gasteiger partial charge in [-0.3, -0.25) is 9.89 Å². The highest BCUT2D eigenvalue weighted by Crippen LogP contribution is 2.42. The zero-order valence-electron chi connectivity index (χ0n) is 15.8. The first-order valence-electron chi connectivity index (χ1n) is 9.37. The van der Waals surface area contributed by atoms with Crippen molar-refractivity contribution in [2.24, 2.45) is 0 Å². The quantitative estimate of drug-likeness (QED) is 0.427. The number of amides is 1. The summed E-state index contributed by atoms with van der Waals surface area (Å²) in [7, 11) is 1.63. The number of anilines is 1. The van der Waals surface area contributed by atoms with Crippen LogP contribution < -0.4 is 10.1 Å². The highest BCUT2D eigenvalue weighted by Gasteiger charge is 2.21. The zero-order chi connectivity index (χ0) is 19.8. The standard InChI is InChI=1S/C22H19N3O2S2/c1-27-22-16(23-19(26)12-14-6-4-10-28-14)9-8-15-20(22)21(25-24-15)18-11-13-5-2-3-7-17(13)29-18/h2-5,7-11,14H,6,12H2,1H3,(H,23,26)(H,24,25). The largest absolute Gasteiger partial charge is 0.494 e. The van der Waals surface area contributed by atoms with E-state index in [1.165, 1.54) is 10.1 Å². The number of hydrogen-bond donors (Lipinski definition) is 2. The monoisotopic (exact) mass is 421 g/mol. The van der Waals surface area contributed by atoms with Crippen molar-refractivity contribution in [2.75, 3.05) is 12.4 Å². The summed E-state index contributed by atoms with van der Waals surface area (Å²) in [6.07, 6.45) is 3.53. The van der Waals surface area contributed by atoms with E-state index in [4.69, 9.17) is 4.74 Å². The number of nitrogens with one attached hydrogen (secondary N) is 2. The van der Waals surface area contributed by atoms with Crippen molar-refractivity contribution in [2.45, 2.75) is 18.1 Å². The van der Waals surface area contributed by atoms with E-state index in [1.54, 1.807) is 30.2 Å². The molecule has 4 aromatic rings. The molecule has 146 valence electrons. The number of thiophene rings is 1. The minimum absolute atomic E-state index is 0.00393. The number of thioether (sulfide) groups is 1. The van der Waals surface area contributed by atoms with Crippen molar-refractivity contribution < 1.29 is 9.53 Å². The zero-order valence-corrected chi connectivity index (χ0v) is 17.4. The molecule has 7 heteroatoms. The van der Waals surface area contributed by atoms with Gasteiger partial charge in [-0.05, 0) is 41.5 Å². The van der Waals surface area contributed by atoms with Crippen molar-refractivity contribution in [1.82, 2.24) is 10.2 Å². The Balaban J connectivity index is 1.53. The molecule has 1 aliphatic heterocycles. The molecule has 5 nitrogen and oxygen atoms in total. The lowest BCUT2D eigenvalue weighted by Crippen LogP contribution is -2.17. The van der Waals surface area contributed by atoms with Crippen LogP contribution in [-0.2, 0) is 4.79 Å². The number of aromatic amines is 1. The van der Waals surface area contributed by atoms with Gasteiger partial charge in [0.15, 0.2) is 5.75 Å². The number of allylic oxidation sites excluding steroid dienone is 1. The molecule has 0 radical (unpaired) electrons. The van der Waals surface area contributed by atoms with Crippen LogP contribution in [0.25, 0.3) is 31.6 Å². The highest BCUT2D eigenvalue weighted by atomic mass is 32.2. The summed E-state index contributed by atoms with van der Waals surface area (Å²) in [4.78, 5) is 13.6. The Kier molecular flexibility index (Phi) is 4.77. The molecule has 1 atom stereocenters. The van der Waals surface area contributed by atoms with Gasteiger partial charge in [0.05, 0.1) is 28.6 Å². The third-order valence-corrected chi connectivity index (χ3v) is 7.22. The van der Waals surface area contributed by atoms with Crippen molar-refractivity contribution >= 4 is 55.7 Å². The summed E-state index contributed by atoms with van der Waals surface area (Å²) < 4.78 is 6.95. The molecule has 1 unspecified atom stereocenters. The summed E-state index contributed by atoms with van der Waals surface area (Å²) in [5, 5.41) is 15.1. The number of hydrogen-bond acceptors (Lipinski definition) is 5. The lowest BCUT2D eigenvalue weighted by atomic mass is 10.1. The Bertz CT molecular complexity index is 1200. The number of aromatic nitrogens is 2. The molecule has 0 saturated carbocycles. The molecule has 3 heterocycles. The van der Waals surface area contributed by atoms with E-state index in [0.29, 0.717) is 23.1 Å². The van der Waals surface area contributed by atoms with Crippen molar-refractivity contribution in [1.29, 1.82) is 0 Å². The smallest absolute Gasteiger partial charge is 0.225 e. The molecule has 0 bridgehead atoms. The number of rotatable bonds is 5. The molecular weight excluding hydrogens is 402 g/mol. The van der Waals surface area contributed by atoms with Crippen molar-refractivity contribution in [3.05, 3.63) is 53.9 Å². The van der Waals surface area contributed by atoms with Gasteiger partial charge in [-0.2, -0.15) is 5.10 Å². The lowest BCUT2D eigenvalue weighted by molar-refractivity contribution is -0.116. The molecule has 2 N–H and O–H groups in total. The van der Waals surface area contributed by atoms with E-state index in [9.17, 15) is 4.79 Å². The van der Waals surface area contributed by atoms with E-state index in [1.807, 2.05) is 24.3 Å². The maximum atomic E-state index is 12.6. The van der Waals surface area contributed by atoms with Gasteiger partial charge in [-0.15, -0.1) is 23.1 Å². The van der Waals surface area contributed by atoms with Crippen LogP contribution in [0.3, 0.4) is 0 Å². The van der Waals surface area contributed by atoms with Gasteiger partial charge >= 0.3 is 0 Å². The Hall–Kier alpha value is -2.77. The van der Waals surface area contributed by atoms with Crippen molar-refractivity contribution in [3.63, 3.8) is 0 Å². The van der Waals surface area contributed by atoms with Gasteiger partial charge < -0.3 is 10.1 Å². The SMILES string of the molecule is COc1c(NC(=O)CC2CC=CS2)ccc2[nH]nc(-c3cc4ccccc4s3)c12. The van der Waals surface area contributed by atoms with E-state index in [2.05, 4.69) is 45.2 Å². The second kappa shape index (κ2) is 7.57. The van der Waals surface area contributed by atoms with Crippen LogP contribution >= 0.6 is 23.1 Å². The average molecular weight is 422 g/mol. The van der Waals surface area contributed by atoms with Crippen molar-refractivity contribution in [3.8, 4) is 16.3 Å². The number of methoxy groups -OCH3 is 1. The first-order chi connectivity index (χ1) is 14.2. The minimum Gasteiger partial charge on any atom is -0.494 e. The van der Waals surface area contributed by atoms with E-state index < -0.39 is 0 Å². The summed E-state index contributed by atoms with van der Waals surface area (Å²) in [6.45, 7) is 0. The summed E-state index contributed by atoms with van der Waals surface area (Å²) in [5.41, 5.74) is 2.39. The Morgan fingerprint density at radius 2 is 2.21 bits per heavy atom. The molecule has 0 spiro atoms. The van der Waals surface area contributed by atoms with Gasteiger partial charge in [-0.1, -0.05) is 24.3 Å². The van der Waals surface area contributed by atoms with E-state index in [-0.39, 0.29) is 5.91 Å². The maximum Gasteiger partial charge on any atom is 0.225 e. The molecule has 0 aliphatic carbocycles. The summed E-state index contributed by atoms with van der Waals surface area (Å²) >= 11 is 3.41. The number of fused-ring (bicyclic) bond motifs is 2. The molecule has 0 saturated heterocycles. The number of carbonyl (C=O) groups is 1. The third-order valence-electron chi connectivity index (χ3n) is 5.00. The summed E-state index contributed by atoms with van der Waals surface area (Å²) in [5.74, 6) is 0.630. The second-order valence-electron chi connectivity index (χ2n) is 6.91. The van der Waals surface area contributed by atoms with Crippen LogP contribution in [0.4, 0.5) is 5.69 Å². The molecule has 5 rings (SSSR count). The predicted molar refractivity (Wildman–Crippen MR) is 122 cm³/mol. The van der Waals surface area contributed by atoms with Crippen LogP contribution in [0.15, 0.2) is 53.9 Å². The molecule has 2 aromatic heterocycles. The molecule has 2 aromatic carbocycles. The fourth-order valence-corrected chi connectivity index (χ4v) is 5.61. The van der Waals surface area contributed by atoms with Crippen LogP contribution in [0, 0.1) is 0 Å². The first-order valence-corrected chi connectivity index (χ1v) is 11.1. The van der Waals surface area contributed by atoms with Gasteiger partial charge in [0.2, 0.25) is 5.91 Å². The Labute approximate surface area is 176 Å². The van der Waals surface area contributed by atoms with E-state index in [0.717, 1.165) is 27.9 Å². The Morgan fingerprint density at radius 3 is 3.00 bits per heavy atom. The number of H-pyrrole nitrogens is 1. The predicted octanol–water partition coefficient (Wildman–Crippen LogP) is 5.80. The van der Waals surface area contributed by atoms with Gasteiger partial charge in [-0.25, -0.2) is 0 Å². The molecule has 1 amide bonds. The molecule has 0 fully saturated rings. The summed E-state index contributed by atoms with van der Waals surface area (Å²) in [6, 6.07) is 14.2. The topological polar surface area (TPSA) is 67.0 Å². The number of ether oxygens (including phenoxy) is 1. The van der Waals surface area contributed by atoms with Gasteiger partial charge in [0.1, 0.15) is 5.69 Å². The fourth-order valence-electron chi connectivity index (χ4n) is 3.64. The van der Waals surface area contributed by atoms with Crippen LogP contribution in [0.5, 0.6) is 5.75 Å². The highest BCUT2D eigenvalue weighted by molar-refractivity contribution is 8.03. The molecule has 29 heavy (non-hydrogen) atoms. The van der Waals surface area contributed by atoms with Crippen LogP contribution in [0.1, 0.15) is 12.8 Å². The normalized spacial score (nSPS) is 16.0. The third kappa shape index (κ3) is 3.41. The molecular formula is C22H19N3O2S2. The van der Waals surface area contributed by atoms with Gasteiger partial charge in [0, 0.05) is 16.4 Å². The second-order valence-corrected chi connectivity index (χ2v) is 9.20. The first kappa shape index (κ1) is 18.3. The Morgan fingerprint density at radius 1 is 1.31 bits per heavy atom. The van der Waals surface area contributed by atoms with Crippen LogP contribution in [-0.4, -0.2) is 28.5 Å². The van der Waals surface area contributed by atoms with Gasteiger partial charge in [0.25, 0.3) is 0 Å². The van der Waals surface area contributed by atoms with Crippen LogP contribution in [0.2, 0.25) is 0 Å². The lowest BCUT2D eigenvalue weighted by Gasteiger charge is -2.13. The molecule has 1 aliphatic rings. The van der Waals surface area contributed by atoms with E-state index >= 15 is 0 Å². The average Bonchev–Trinajstić information content (AvgIpc) is 3.46. The number of carbonyl (C=O) groups excluding carboxylic acids is 1. The minimum atomic E-state index is -0.00393. The number of nitrogens with zero attached hydrogens (tertiary/aromatic N) is 1.